The Morgan fingerprint density at radius 1 is 0.852 bits per heavy atom. The van der Waals surface area contributed by atoms with E-state index in [1.54, 1.807) is 12.0 Å². The van der Waals surface area contributed by atoms with Crippen molar-refractivity contribution in [3.05, 3.63) is 96.1 Å². The van der Waals surface area contributed by atoms with Crippen LogP contribution in [0.5, 0.6) is 5.75 Å². The lowest BCUT2D eigenvalue weighted by Gasteiger charge is -2.46. The zero-order chi connectivity index (χ0) is 18.6. The van der Waals surface area contributed by atoms with E-state index in [9.17, 15) is 4.79 Å². The van der Waals surface area contributed by atoms with Crippen LogP contribution in [0.15, 0.2) is 84.9 Å². The molecule has 0 aliphatic carbocycles. The van der Waals surface area contributed by atoms with Crippen LogP contribution in [0.4, 0.5) is 5.69 Å². The molecule has 1 saturated heterocycles. The molecular formula is C23H21NO3. The SMILES string of the molecule is COc1ccc(N2C(=O)[C@@H](OCc3ccccc3)[C@H]2c2ccccc2)cc1. The van der Waals surface area contributed by atoms with Crippen molar-refractivity contribution in [2.75, 3.05) is 12.0 Å². The van der Waals surface area contributed by atoms with E-state index in [1.807, 2.05) is 84.9 Å². The van der Waals surface area contributed by atoms with Gasteiger partial charge in [-0.15, -0.1) is 0 Å². The van der Waals surface area contributed by atoms with Gasteiger partial charge in [0.05, 0.1) is 19.8 Å². The molecule has 3 aromatic rings. The fraction of sp³-hybridized carbons (Fsp3) is 0.174. The molecule has 1 amide bonds. The topological polar surface area (TPSA) is 38.8 Å². The first-order chi connectivity index (χ1) is 13.3. The van der Waals surface area contributed by atoms with Crippen LogP contribution >= 0.6 is 0 Å². The van der Waals surface area contributed by atoms with Crippen LogP contribution in [-0.2, 0) is 16.1 Å². The quantitative estimate of drug-likeness (QED) is 0.614. The number of carbonyl (C=O) groups is 1. The Balaban J connectivity index is 1.58. The average molecular weight is 359 g/mol. The van der Waals surface area contributed by atoms with Crippen LogP contribution in [0.25, 0.3) is 0 Å². The van der Waals surface area contributed by atoms with Crippen molar-refractivity contribution in [1.82, 2.24) is 0 Å². The van der Waals surface area contributed by atoms with Gasteiger partial charge < -0.3 is 9.47 Å². The molecule has 0 radical (unpaired) electrons. The van der Waals surface area contributed by atoms with E-state index in [-0.39, 0.29) is 11.9 Å². The van der Waals surface area contributed by atoms with Crippen LogP contribution in [-0.4, -0.2) is 19.1 Å². The predicted octanol–water partition coefficient (Wildman–Crippen LogP) is 4.37. The summed E-state index contributed by atoms with van der Waals surface area (Å²) in [5, 5.41) is 0. The maximum Gasteiger partial charge on any atom is 0.259 e. The van der Waals surface area contributed by atoms with Crippen molar-refractivity contribution in [1.29, 1.82) is 0 Å². The number of carbonyl (C=O) groups excluding carboxylic acids is 1. The molecule has 4 nitrogen and oxygen atoms in total. The Morgan fingerprint density at radius 2 is 1.48 bits per heavy atom. The summed E-state index contributed by atoms with van der Waals surface area (Å²) in [6, 6.07) is 27.3. The molecule has 0 N–H and O–H groups in total. The summed E-state index contributed by atoms with van der Waals surface area (Å²) in [5.74, 6) is 0.741. The van der Waals surface area contributed by atoms with Crippen LogP contribution in [0, 0.1) is 0 Å². The number of rotatable bonds is 6. The maximum atomic E-state index is 12.9. The van der Waals surface area contributed by atoms with Gasteiger partial charge in [-0.1, -0.05) is 60.7 Å². The molecule has 0 unspecified atom stereocenters. The first-order valence-electron chi connectivity index (χ1n) is 8.95. The Morgan fingerprint density at radius 3 is 2.11 bits per heavy atom. The third-order valence-corrected chi connectivity index (χ3v) is 4.81. The average Bonchev–Trinajstić information content (AvgIpc) is 2.74. The van der Waals surface area contributed by atoms with Crippen molar-refractivity contribution in [3.8, 4) is 5.75 Å². The summed E-state index contributed by atoms with van der Waals surface area (Å²) in [7, 11) is 1.63. The minimum Gasteiger partial charge on any atom is -0.497 e. The predicted molar refractivity (Wildman–Crippen MR) is 105 cm³/mol. The van der Waals surface area contributed by atoms with Crippen molar-refractivity contribution in [2.24, 2.45) is 0 Å². The molecular weight excluding hydrogens is 338 g/mol. The van der Waals surface area contributed by atoms with Gasteiger partial charge in [0.1, 0.15) is 5.75 Å². The van der Waals surface area contributed by atoms with Gasteiger partial charge >= 0.3 is 0 Å². The summed E-state index contributed by atoms with van der Waals surface area (Å²) in [4.78, 5) is 14.7. The van der Waals surface area contributed by atoms with Crippen LogP contribution in [0.2, 0.25) is 0 Å². The van der Waals surface area contributed by atoms with E-state index in [0.29, 0.717) is 6.61 Å². The highest BCUT2D eigenvalue weighted by molar-refractivity contribution is 6.05. The zero-order valence-electron chi connectivity index (χ0n) is 15.1. The fourth-order valence-corrected chi connectivity index (χ4v) is 3.39. The number of β-lactam (4-membered cyclic amide) rings is 1. The standard InChI is InChI=1S/C23H21NO3/c1-26-20-14-12-19(13-15-20)24-21(18-10-6-3-7-11-18)22(23(24)25)27-16-17-8-4-2-5-9-17/h2-15,21-22H,16H2,1H3/t21-,22+/m1/s1. The lowest BCUT2D eigenvalue weighted by atomic mass is 9.89. The molecule has 0 bridgehead atoms. The first kappa shape index (κ1) is 17.3. The molecule has 27 heavy (non-hydrogen) atoms. The molecule has 3 aromatic carbocycles. The van der Waals surface area contributed by atoms with Crippen LogP contribution in [0.1, 0.15) is 17.2 Å². The lowest BCUT2D eigenvalue weighted by Crippen LogP contribution is -2.60. The van der Waals surface area contributed by atoms with Gasteiger partial charge in [-0.2, -0.15) is 0 Å². The Kier molecular flexibility index (Phi) is 4.90. The van der Waals surface area contributed by atoms with Crippen LogP contribution in [0.3, 0.4) is 0 Å². The van der Waals surface area contributed by atoms with Crippen molar-refractivity contribution in [2.45, 2.75) is 18.8 Å². The molecule has 0 spiro atoms. The minimum absolute atomic E-state index is 0.0232. The number of hydrogen-bond donors (Lipinski definition) is 0. The van der Waals surface area contributed by atoms with E-state index in [1.165, 1.54) is 0 Å². The molecule has 1 aliphatic heterocycles. The Labute approximate surface area is 159 Å². The van der Waals surface area contributed by atoms with Gasteiger partial charge in [-0.3, -0.25) is 9.69 Å². The van der Waals surface area contributed by atoms with Gasteiger partial charge in [-0.25, -0.2) is 0 Å². The molecule has 0 saturated carbocycles. The number of methoxy groups -OCH3 is 1. The second-order valence-corrected chi connectivity index (χ2v) is 6.48. The normalized spacial score (nSPS) is 18.9. The Hall–Kier alpha value is -3.11. The summed E-state index contributed by atoms with van der Waals surface area (Å²) >= 11 is 0. The van der Waals surface area contributed by atoms with Crippen molar-refractivity contribution < 1.29 is 14.3 Å². The number of nitrogens with zero attached hydrogens (tertiary/aromatic N) is 1. The van der Waals surface area contributed by atoms with E-state index in [0.717, 1.165) is 22.6 Å². The van der Waals surface area contributed by atoms with Gasteiger partial charge in [0, 0.05) is 5.69 Å². The third kappa shape index (κ3) is 3.44. The van der Waals surface area contributed by atoms with Gasteiger partial charge in [0.2, 0.25) is 0 Å². The summed E-state index contributed by atoms with van der Waals surface area (Å²) in [6.45, 7) is 0.414. The van der Waals surface area contributed by atoms with Crippen molar-refractivity contribution in [3.63, 3.8) is 0 Å². The Bertz CT molecular complexity index is 894. The van der Waals surface area contributed by atoms with E-state index in [4.69, 9.17) is 9.47 Å². The summed E-state index contributed by atoms with van der Waals surface area (Å²) in [5.41, 5.74) is 2.96. The minimum atomic E-state index is -0.491. The number of benzene rings is 3. The number of amides is 1. The molecule has 1 heterocycles. The number of ether oxygens (including phenoxy) is 2. The molecule has 4 heteroatoms. The van der Waals surface area contributed by atoms with Gasteiger partial charge in [0.25, 0.3) is 5.91 Å². The highest BCUT2D eigenvalue weighted by Gasteiger charge is 2.49. The number of hydrogen-bond acceptors (Lipinski definition) is 3. The zero-order valence-corrected chi connectivity index (χ0v) is 15.1. The van der Waals surface area contributed by atoms with Gasteiger partial charge in [0.15, 0.2) is 6.10 Å². The second-order valence-electron chi connectivity index (χ2n) is 6.48. The molecule has 4 rings (SSSR count). The molecule has 1 fully saturated rings. The van der Waals surface area contributed by atoms with E-state index < -0.39 is 6.10 Å². The highest BCUT2D eigenvalue weighted by Crippen LogP contribution is 2.41. The second kappa shape index (κ2) is 7.64. The summed E-state index contributed by atoms with van der Waals surface area (Å²) < 4.78 is 11.2. The number of anilines is 1. The summed E-state index contributed by atoms with van der Waals surface area (Å²) in [6.07, 6.45) is -0.491. The molecule has 136 valence electrons. The molecule has 0 aromatic heterocycles. The van der Waals surface area contributed by atoms with Gasteiger partial charge in [-0.05, 0) is 35.4 Å². The first-order valence-corrected chi connectivity index (χ1v) is 8.95. The van der Waals surface area contributed by atoms with E-state index in [2.05, 4.69) is 0 Å². The maximum absolute atomic E-state index is 12.9. The molecule has 2 atom stereocenters. The van der Waals surface area contributed by atoms with E-state index >= 15 is 0 Å². The smallest absolute Gasteiger partial charge is 0.259 e. The highest BCUT2D eigenvalue weighted by atomic mass is 16.5. The largest absolute Gasteiger partial charge is 0.497 e. The van der Waals surface area contributed by atoms with Crippen molar-refractivity contribution >= 4 is 11.6 Å². The fourth-order valence-electron chi connectivity index (χ4n) is 3.39. The third-order valence-electron chi connectivity index (χ3n) is 4.81. The molecule has 1 aliphatic rings. The monoisotopic (exact) mass is 359 g/mol. The lowest BCUT2D eigenvalue weighted by molar-refractivity contribution is -0.143. The van der Waals surface area contributed by atoms with Crippen LogP contribution < -0.4 is 9.64 Å².